The Morgan fingerprint density at radius 1 is 1.29 bits per heavy atom. The maximum atomic E-state index is 12.2. The number of hydrogen-bond acceptors (Lipinski definition) is 2. The SMILES string of the molecule is Cc1cc(C)c2cc(C(=O)NCc3cccnc3)[nH]c2c1. The van der Waals surface area contributed by atoms with Crippen molar-refractivity contribution in [3.05, 3.63) is 65.1 Å². The molecule has 4 heteroatoms. The molecule has 1 amide bonds. The fourth-order valence-electron chi connectivity index (χ4n) is 2.50. The predicted octanol–water partition coefficient (Wildman–Crippen LogP) is 3.11. The summed E-state index contributed by atoms with van der Waals surface area (Å²) in [6.45, 7) is 4.58. The summed E-state index contributed by atoms with van der Waals surface area (Å²) in [7, 11) is 0. The highest BCUT2D eigenvalue weighted by Gasteiger charge is 2.10. The zero-order valence-corrected chi connectivity index (χ0v) is 12.1. The monoisotopic (exact) mass is 279 g/mol. The van der Waals surface area contributed by atoms with Crippen LogP contribution in [0.2, 0.25) is 0 Å². The Hall–Kier alpha value is -2.62. The van der Waals surface area contributed by atoms with E-state index in [0.717, 1.165) is 16.5 Å². The Balaban J connectivity index is 1.80. The van der Waals surface area contributed by atoms with E-state index in [0.29, 0.717) is 12.2 Å². The van der Waals surface area contributed by atoms with Gasteiger partial charge in [-0.25, -0.2) is 0 Å². The van der Waals surface area contributed by atoms with E-state index in [2.05, 4.69) is 41.3 Å². The standard InChI is InChI=1S/C17H17N3O/c1-11-6-12(2)14-8-16(20-15(14)7-11)17(21)19-10-13-4-3-5-18-9-13/h3-9,20H,10H2,1-2H3,(H,19,21). The molecule has 0 bridgehead atoms. The van der Waals surface area contributed by atoms with Crippen LogP contribution in [-0.4, -0.2) is 15.9 Å². The highest BCUT2D eigenvalue weighted by atomic mass is 16.1. The minimum atomic E-state index is -0.105. The van der Waals surface area contributed by atoms with Gasteiger partial charge in [-0.15, -0.1) is 0 Å². The number of amides is 1. The van der Waals surface area contributed by atoms with Crippen molar-refractivity contribution < 1.29 is 4.79 Å². The number of benzene rings is 1. The van der Waals surface area contributed by atoms with Gasteiger partial charge in [-0.3, -0.25) is 9.78 Å². The van der Waals surface area contributed by atoms with Crippen molar-refractivity contribution in [2.45, 2.75) is 20.4 Å². The largest absolute Gasteiger partial charge is 0.351 e. The summed E-state index contributed by atoms with van der Waals surface area (Å²) in [5, 5.41) is 3.99. The summed E-state index contributed by atoms with van der Waals surface area (Å²) < 4.78 is 0. The van der Waals surface area contributed by atoms with Crippen LogP contribution in [0, 0.1) is 13.8 Å². The summed E-state index contributed by atoms with van der Waals surface area (Å²) in [6.07, 6.45) is 3.47. The first-order valence-electron chi connectivity index (χ1n) is 6.90. The van der Waals surface area contributed by atoms with E-state index < -0.39 is 0 Å². The van der Waals surface area contributed by atoms with Crippen LogP contribution in [0.25, 0.3) is 10.9 Å². The lowest BCUT2D eigenvalue weighted by molar-refractivity contribution is 0.0946. The van der Waals surface area contributed by atoms with Gasteiger partial charge in [-0.1, -0.05) is 12.1 Å². The summed E-state index contributed by atoms with van der Waals surface area (Å²) in [5.74, 6) is -0.105. The third-order valence-electron chi connectivity index (χ3n) is 3.51. The molecule has 0 aliphatic rings. The lowest BCUT2D eigenvalue weighted by Crippen LogP contribution is -2.23. The molecule has 0 fully saturated rings. The maximum absolute atomic E-state index is 12.2. The van der Waals surface area contributed by atoms with Crippen LogP contribution in [0.15, 0.2) is 42.7 Å². The normalized spacial score (nSPS) is 10.8. The minimum absolute atomic E-state index is 0.105. The number of rotatable bonds is 3. The maximum Gasteiger partial charge on any atom is 0.267 e. The van der Waals surface area contributed by atoms with E-state index in [9.17, 15) is 4.79 Å². The van der Waals surface area contributed by atoms with E-state index in [4.69, 9.17) is 0 Å². The lowest BCUT2D eigenvalue weighted by Gasteiger charge is -2.02. The fraction of sp³-hybridized carbons (Fsp3) is 0.176. The van der Waals surface area contributed by atoms with E-state index in [1.807, 2.05) is 18.2 Å². The molecule has 0 radical (unpaired) electrons. The van der Waals surface area contributed by atoms with Crippen molar-refractivity contribution >= 4 is 16.8 Å². The van der Waals surface area contributed by atoms with E-state index >= 15 is 0 Å². The summed E-state index contributed by atoms with van der Waals surface area (Å²) >= 11 is 0. The first kappa shape index (κ1) is 13.4. The minimum Gasteiger partial charge on any atom is -0.351 e. The van der Waals surface area contributed by atoms with Crippen LogP contribution in [0.5, 0.6) is 0 Å². The summed E-state index contributed by atoms with van der Waals surface area (Å²) in [6, 6.07) is 9.87. The van der Waals surface area contributed by atoms with Crippen molar-refractivity contribution in [3.8, 4) is 0 Å². The molecule has 2 aromatic heterocycles. The van der Waals surface area contributed by atoms with Crippen molar-refractivity contribution in [1.29, 1.82) is 0 Å². The third kappa shape index (κ3) is 2.79. The molecule has 2 N–H and O–H groups in total. The van der Waals surface area contributed by atoms with E-state index in [1.54, 1.807) is 12.4 Å². The molecular weight excluding hydrogens is 262 g/mol. The average molecular weight is 279 g/mol. The molecule has 0 spiro atoms. The number of aromatic nitrogens is 2. The molecule has 0 saturated carbocycles. The number of H-pyrrole nitrogens is 1. The summed E-state index contributed by atoms with van der Waals surface area (Å²) in [4.78, 5) is 19.4. The van der Waals surface area contributed by atoms with Gasteiger partial charge in [-0.05, 0) is 48.7 Å². The molecule has 0 saturated heterocycles. The second-order valence-electron chi connectivity index (χ2n) is 5.27. The van der Waals surface area contributed by atoms with Crippen LogP contribution in [0.4, 0.5) is 0 Å². The van der Waals surface area contributed by atoms with Gasteiger partial charge < -0.3 is 10.3 Å². The first-order chi connectivity index (χ1) is 10.1. The first-order valence-corrected chi connectivity index (χ1v) is 6.90. The Labute approximate surface area is 123 Å². The van der Waals surface area contributed by atoms with E-state index in [1.165, 1.54) is 11.1 Å². The molecule has 0 atom stereocenters. The van der Waals surface area contributed by atoms with Crippen LogP contribution >= 0.6 is 0 Å². The Morgan fingerprint density at radius 2 is 2.14 bits per heavy atom. The zero-order chi connectivity index (χ0) is 14.8. The zero-order valence-electron chi connectivity index (χ0n) is 12.1. The number of pyridine rings is 1. The van der Waals surface area contributed by atoms with Crippen LogP contribution in [0.3, 0.4) is 0 Å². The van der Waals surface area contributed by atoms with Gasteiger partial charge in [0.1, 0.15) is 5.69 Å². The van der Waals surface area contributed by atoms with Gasteiger partial charge >= 0.3 is 0 Å². The number of carbonyl (C=O) groups is 1. The lowest BCUT2D eigenvalue weighted by atomic mass is 10.1. The molecule has 0 aliphatic heterocycles. The molecule has 0 aliphatic carbocycles. The van der Waals surface area contributed by atoms with Crippen molar-refractivity contribution in [2.75, 3.05) is 0 Å². The molecule has 21 heavy (non-hydrogen) atoms. The number of aryl methyl sites for hydroxylation is 2. The van der Waals surface area contributed by atoms with Gasteiger partial charge in [0.25, 0.3) is 5.91 Å². The number of carbonyl (C=O) groups excluding carboxylic acids is 1. The Morgan fingerprint density at radius 3 is 2.90 bits per heavy atom. The van der Waals surface area contributed by atoms with Crippen molar-refractivity contribution in [3.63, 3.8) is 0 Å². The smallest absolute Gasteiger partial charge is 0.267 e. The molecule has 1 aromatic carbocycles. The highest BCUT2D eigenvalue weighted by Crippen LogP contribution is 2.21. The number of nitrogens with one attached hydrogen (secondary N) is 2. The van der Waals surface area contributed by atoms with Gasteiger partial charge in [0.2, 0.25) is 0 Å². The van der Waals surface area contributed by atoms with Crippen molar-refractivity contribution in [2.24, 2.45) is 0 Å². The van der Waals surface area contributed by atoms with Crippen molar-refractivity contribution in [1.82, 2.24) is 15.3 Å². The second kappa shape index (κ2) is 5.40. The quantitative estimate of drug-likeness (QED) is 0.774. The number of nitrogens with zero attached hydrogens (tertiary/aromatic N) is 1. The van der Waals surface area contributed by atoms with Gasteiger partial charge in [-0.2, -0.15) is 0 Å². The average Bonchev–Trinajstić information content (AvgIpc) is 2.90. The fourth-order valence-corrected chi connectivity index (χ4v) is 2.50. The number of aromatic amines is 1. The Kier molecular flexibility index (Phi) is 3.44. The van der Waals surface area contributed by atoms with E-state index in [-0.39, 0.29) is 5.91 Å². The summed E-state index contributed by atoms with van der Waals surface area (Å²) in [5.41, 5.74) is 4.92. The topological polar surface area (TPSA) is 57.8 Å². The highest BCUT2D eigenvalue weighted by molar-refractivity contribution is 5.98. The predicted molar refractivity (Wildman–Crippen MR) is 83.2 cm³/mol. The molecular formula is C17H17N3O. The van der Waals surface area contributed by atoms with Crippen LogP contribution in [-0.2, 0) is 6.54 Å². The molecule has 2 heterocycles. The van der Waals surface area contributed by atoms with Gasteiger partial charge in [0.05, 0.1) is 0 Å². The van der Waals surface area contributed by atoms with Crippen LogP contribution in [0.1, 0.15) is 27.2 Å². The van der Waals surface area contributed by atoms with Gasteiger partial charge in [0, 0.05) is 29.8 Å². The molecule has 3 aromatic rings. The molecule has 3 rings (SSSR count). The van der Waals surface area contributed by atoms with Gasteiger partial charge in [0.15, 0.2) is 0 Å². The Bertz CT molecular complexity index is 790. The number of fused-ring (bicyclic) bond motifs is 1. The molecule has 106 valence electrons. The number of hydrogen-bond donors (Lipinski definition) is 2. The molecule has 4 nitrogen and oxygen atoms in total. The second-order valence-corrected chi connectivity index (χ2v) is 5.27. The third-order valence-corrected chi connectivity index (χ3v) is 3.51. The molecule has 0 unspecified atom stereocenters. The van der Waals surface area contributed by atoms with Crippen LogP contribution < -0.4 is 5.32 Å².